The van der Waals surface area contributed by atoms with Crippen LogP contribution in [0.1, 0.15) is 65.7 Å². The Morgan fingerprint density at radius 3 is 2.30 bits per heavy atom. The molecule has 1 N–H and O–H groups in total. The molecular weight excluding hydrogens is 256 g/mol. The molecule has 0 aliphatic carbocycles. The average Bonchev–Trinajstić information content (AvgIpc) is 2.41. The van der Waals surface area contributed by atoms with Crippen molar-refractivity contribution >= 4 is 11.9 Å². The Morgan fingerprint density at radius 1 is 1.15 bits per heavy atom. The Hall–Kier alpha value is -1.32. The summed E-state index contributed by atoms with van der Waals surface area (Å²) in [6, 6.07) is 0. The molecule has 20 heavy (non-hydrogen) atoms. The molecule has 0 rings (SSSR count). The highest BCUT2D eigenvalue weighted by Crippen LogP contribution is 2.22. The van der Waals surface area contributed by atoms with Crippen LogP contribution in [0.4, 0.5) is 0 Å². The maximum Gasteiger partial charge on any atom is 0.334 e. The summed E-state index contributed by atoms with van der Waals surface area (Å²) in [6.07, 6.45) is 7.42. The topological polar surface area (TPSA) is 63.6 Å². The minimum atomic E-state index is -1.09. The summed E-state index contributed by atoms with van der Waals surface area (Å²) in [5.41, 5.74) is 0.288. The van der Waals surface area contributed by atoms with E-state index in [0.717, 1.165) is 44.6 Å². The number of carbonyl (C=O) groups is 2. The lowest BCUT2D eigenvalue weighted by Crippen LogP contribution is -2.14. The summed E-state index contributed by atoms with van der Waals surface area (Å²) in [5.74, 6) is -1.21. The van der Waals surface area contributed by atoms with Gasteiger partial charge in [0.05, 0.1) is 6.61 Å². The number of carbonyl (C=O) groups excluding carboxylic acids is 1. The first kappa shape index (κ1) is 18.7. The van der Waals surface area contributed by atoms with Crippen molar-refractivity contribution in [2.24, 2.45) is 5.92 Å². The largest absolute Gasteiger partial charge is 0.478 e. The normalized spacial score (nSPS) is 13.1. The van der Waals surface area contributed by atoms with Crippen LogP contribution in [0, 0.1) is 5.92 Å². The molecule has 0 fully saturated rings. The molecule has 1 atom stereocenters. The summed E-state index contributed by atoms with van der Waals surface area (Å²) in [5, 5.41) is 8.88. The Labute approximate surface area is 122 Å². The van der Waals surface area contributed by atoms with Gasteiger partial charge in [-0.05, 0) is 18.8 Å². The van der Waals surface area contributed by atoms with Gasteiger partial charge in [-0.3, -0.25) is 0 Å². The Kier molecular flexibility index (Phi) is 10.7. The summed E-state index contributed by atoms with van der Waals surface area (Å²) in [7, 11) is 0. The molecule has 1 unspecified atom stereocenters. The van der Waals surface area contributed by atoms with Crippen LogP contribution < -0.4 is 0 Å². The standard InChI is InChI=1S/C16H28O4/c1-4-7-9-13(6-3)11-14(12-15(17)18)16(19)20-10-8-5-2/h12-13H,4-11H2,1-3H3,(H,17,18)/b14-12-. The van der Waals surface area contributed by atoms with Gasteiger partial charge in [0.1, 0.15) is 0 Å². The first-order valence-electron chi connectivity index (χ1n) is 7.65. The van der Waals surface area contributed by atoms with Gasteiger partial charge in [-0.15, -0.1) is 0 Å². The van der Waals surface area contributed by atoms with E-state index in [-0.39, 0.29) is 5.57 Å². The zero-order valence-electron chi connectivity index (χ0n) is 13.0. The van der Waals surface area contributed by atoms with Gasteiger partial charge in [0, 0.05) is 11.6 Å². The van der Waals surface area contributed by atoms with Gasteiger partial charge in [-0.2, -0.15) is 0 Å². The van der Waals surface area contributed by atoms with Gasteiger partial charge in [0.15, 0.2) is 0 Å². The van der Waals surface area contributed by atoms with Crippen molar-refractivity contribution in [2.75, 3.05) is 6.61 Å². The second-order valence-corrected chi connectivity index (χ2v) is 5.12. The Balaban J connectivity index is 4.62. The molecule has 4 nitrogen and oxygen atoms in total. The predicted octanol–water partition coefficient (Wildman–Crippen LogP) is 3.95. The third-order valence-electron chi connectivity index (χ3n) is 3.34. The zero-order valence-corrected chi connectivity index (χ0v) is 13.0. The number of carboxylic acid groups (broad SMARTS) is 1. The van der Waals surface area contributed by atoms with E-state index in [1.807, 2.05) is 6.92 Å². The minimum absolute atomic E-state index is 0.288. The summed E-state index contributed by atoms with van der Waals surface area (Å²) in [4.78, 5) is 22.8. The van der Waals surface area contributed by atoms with E-state index >= 15 is 0 Å². The lowest BCUT2D eigenvalue weighted by Gasteiger charge is -2.16. The van der Waals surface area contributed by atoms with Gasteiger partial charge < -0.3 is 9.84 Å². The third-order valence-corrected chi connectivity index (χ3v) is 3.34. The number of unbranched alkanes of at least 4 members (excludes halogenated alkanes) is 2. The second-order valence-electron chi connectivity index (χ2n) is 5.12. The number of hydrogen-bond acceptors (Lipinski definition) is 3. The van der Waals surface area contributed by atoms with Crippen LogP contribution in [-0.2, 0) is 14.3 Å². The fourth-order valence-corrected chi connectivity index (χ4v) is 2.01. The van der Waals surface area contributed by atoms with Crippen LogP contribution in [0.2, 0.25) is 0 Å². The van der Waals surface area contributed by atoms with Crippen LogP contribution in [-0.4, -0.2) is 23.7 Å². The van der Waals surface area contributed by atoms with Crippen LogP contribution in [0.15, 0.2) is 11.6 Å². The van der Waals surface area contributed by atoms with Crippen molar-refractivity contribution in [3.63, 3.8) is 0 Å². The number of ether oxygens (including phenoxy) is 1. The second kappa shape index (κ2) is 11.5. The third kappa shape index (κ3) is 8.73. The number of aliphatic carboxylic acids is 1. The highest BCUT2D eigenvalue weighted by molar-refractivity contribution is 5.95. The molecule has 0 aliphatic rings. The van der Waals surface area contributed by atoms with E-state index in [1.54, 1.807) is 0 Å². The molecule has 0 spiro atoms. The molecule has 0 saturated heterocycles. The molecule has 0 radical (unpaired) electrons. The van der Waals surface area contributed by atoms with Crippen molar-refractivity contribution in [3.8, 4) is 0 Å². The predicted molar refractivity (Wildman–Crippen MR) is 79.5 cm³/mol. The van der Waals surface area contributed by atoms with Crippen molar-refractivity contribution in [1.82, 2.24) is 0 Å². The summed E-state index contributed by atoms with van der Waals surface area (Å²) < 4.78 is 5.12. The maximum atomic E-state index is 11.9. The smallest absolute Gasteiger partial charge is 0.334 e. The molecule has 4 heteroatoms. The zero-order chi connectivity index (χ0) is 15.4. The van der Waals surface area contributed by atoms with Gasteiger partial charge >= 0.3 is 11.9 Å². The van der Waals surface area contributed by atoms with E-state index in [2.05, 4.69) is 13.8 Å². The van der Waals surface area contributed by atoms with Crippen LogP contribution in [0.25, 0.3) is 0 Å². The molecule has 0 aromatic carbocycles. The Bertz CT molecular complexity index is 320. The molecule has 0 aromatic rings. The van der Waals surface area contributed by atoms with Gasteiger partial charge in [0.25, 0.3) is 0 Å². The molecule has 0 saturated carbocycles. The lowest BCUT2D eigenvalue weighted by atomic mass is 9.91. The van der Waals surface area contributed by atoms with Crippen molar-refractivity contribution < 1.29 is 19.4 Å². The quantitative estimate of drug-likeness (QED) is 0.354. The average molecular weight is 284 g/mol. The van der Waals surface area contributed by atoms with Gasteiger partial charge in [-0.25, -0.2) is 9.59 Å². The van der Waals surface area contributed by atoms with Crippen molar-refractivity contribution in [3.05, 3.63) is 11.6 Å². The van der Waals surface area contributed by atoms with Crippen molar-refractivity contribution in [2.45, 2.75) is 65.7 Å². The van der Waals surface area contributed by atoms with E-state index in [0.29, 0.717) is 18.9 Å². The van der Waals surface area contributed by atoms with Crippen LogP contribution >= 0.6 is 0 Å². The summed E-state index contributed by atoms with van der Waals surface area (Å²) >= 11 is 0. The maximum absolute atomic E-state index is 11.9. The highest BCUT2D eigenvalue weighted by Gasteiger charge is 2.17. The first-order chi connectivity index (χ1) is 9.54. The number of carboxylic acids is 1. The molecule has 116 valence electrons. The van der Waals surface area contributed by atoms with Crippen molar-refractivity contribution in [1.29, 1.82) is 0 Å². The number of esters is 1. The fraction of sp³-hybridized carbons (Fsp3) is 0.750. The van der Waals surface area contributed by atoms with Gasteiger partial charge in [-0.1, -0.05) is 52.9 Å². The SMILES string of the molecule is CCCCOC(=O)/C(=C\C(=O)O)CC(CC)CCCC. The van der Waals surface area contributed by atoms with E-state index in [9.17, 15) is 9.59 Å². The van der Waals surface area contributed by atoms with E-state index in [1.165, 1.54) is 0 Å². The van der Waals surface area contributed by atoms with E-state index < -0.39 is 11.9 Å². The molecule has 0 amide bonds. The number of hydrogen-bond donors (Lipinski definition) is 1. The molecular formula is C16H28O4. The Morgan fingerprint density at radius 2 is 1.80 bits per heavy atom. The molecule has 0 bridgehead atoms. The minimum Gasteiger partial charge on any atom is -0.478 e. The molecule has 0 aromatic heterocycles. The molecule has 0 heterocycles. The van der Waals surface area contributed by atoms with Crippen LogP contribution in [0.3, 0.4) is 0 Å². The fourth-order valence-electron chi connectivity index (χ4n) is 2.01. The summed E-state index contributed by atoms with van der Waals surface area (Å²) in [6.45, 7) is 6.57. The monoisotopic (exact) mass is 284 g/mol. The lowest BCUT2D eigenvalue weighted by molar-refractivity contribution is -0.140. The first-order valence-corrected chi connectivity index (χ1v) is 7.65. The highest BCUT2D eigenvalue weighted by atomic mass is 16.5. The molecule has 0 aliphatic heterocycles. The van der Waals surface area contributed by atoms with E-state index in [4.69, 9.17) is 9.84 Å². The van der Waals surface area contributed by atoms with Gasteiger partial charge in [0.2, 0.25) is 0 Å². The number of rotatable bonds is 11. The van der Waals surface area contributed by atoms with Crippen LogP contribution in [0.5, 0.6) is 0 Å².